The van der Waals surface area contributed by atoms with Crippen molar-refractivity contribution in [1.82, 2.24) is 19.4 Å². The molecule has 5 rings (SSSR count). The van der Waals surface area contributed by atoms with Crippen LogP contribution < -0.4 is 9.44 Å². The maximum atomic E-state index is 13.3. The third-order valence-corrected chi connectivity index (χ3v) is 10.2. The molecule has 0 aliphatic carbocycles. The Kier molecular flexibility index (Phi) is 9.60. The summed E-state index contributed by atoms with van der Waals surface area (Å²) in [5.41, 5.74) is 2.62. The molecule has 1 aliphatic heterocycles. The van der Waals surface area contributed by atoms with Crippen LogP contribution in [0.1, 0.15) is 34.7 Å². The zero-order valence-corrected chi connectivity index (χ0v) is 25.1. The monoisotopic (exact) mass is 692 g/mol. The molecule has 1 unspecified atom stereocenters. The van der Waals surface area contributed by atoms with Gasteiger partial charge in [-0.25, -0.2) is 31.3 Å². The highest BCUT2D eigenvalue weighted by Crippen LogP contribution is 2.31. The van der Waals surface area contributed by atoms with Gasteiger partial charge in [0.2, 0.25) is 26.0 Å². The van der Waals surface area contributed by atoms with Gasteiger partial charge in [0.1, 0.15) is 11.1 Å². The largest absolute Gasteiger partial charge is 0.490 e. The van der Waals surface area contributed by atoms with E-state index in [-0.39, 0.29) is 27.8 Å². The van der Waals surface area contributed by atoms with Gasteiger partial charge in [-0.3, -0.25) is 9.52 Å². The number of rotatable bonds is 7. The number of halogens is 5. The van der Waals surface area contributed by atoms with E-state index in [1.807, 2.05) is 29.0 Å². The van der Waals surface area contributed by atoms with Crippen LogP contribution in [-0.4, -0.2) is 50.0 Å². The molecule has 0 radical (unpaired) electrons. The lowest BCUT2D eigenvalue weighted by molar-refractivity contribution is -0.192. The fourth-order valence-corrected chi connectivity index (χ4v) is 7.20. The highest BCUT2D eigenvalue weighted by Gasteiger charge is 2.38. The van der Waals surface area contributed by atoms with Gasteiger partial charge in [0.05, 0.1) is 38.4 Å². The highest BCUT2D eigenvalue weighted by atomic mass is 35.5. The van der Waals surface area contributed by atoms with Gasteiger partial charge in [-0.1, -0.05) is 59.6 Å². The minimum Gasteiger partial charge on any atom is -0.475 e. The van der Waals surface area contributed by atoms with E-state index in [9.17, 15) is 34.8 Å². The van der Waals surface area contributed by atoms with E-state index < -0.39 is 49.4 Å². The summed E-state index contributed by atoms with van der Waals surface area (Å²) in [5, 5.41) is 6.50. The lowest BCUT2D eigenvalue weighted by Gasteiger charge is -2.18. The fourth-order valence-electron chi connectivity index (χ4n) is 4.18. The number of aromatic amines is 1. The Morgan fingerprint density at radius 2 is 1.70 bits per heavy atom. The van der Waals surface area contributed by atoms with Crippen molar-refractivity contribution in [2.24, 2.45) is 0 Å². The summed E-state index contributed by atoms with van der Waals surface area (Å²) in [6, 6.07) is 17.2. The number of benzene rings is 3. The van der Waals surface area contributed by atoms with E-state index in [2.05, 4.69) is 14.7 Å². The van der Waals surface area contributed by atoms with Gasteiger partial charge >= 0.3 is 12.1 Å². The Labute approximate surface area is 258 Å². The standard InChI is InChI=1S/C24H20Cl2N4O5S2.C2HF3O2/c25-17-10-9-16(12-18(17)26)36(32,33)29-21(24-27-19-3-1-2-4-20(19)28-24)11-14-5-7-15(8-6-14)22-13-23(31)30-37(22,34)35;3-2(4,5)1(6)7/h1-10,12,21-22,29H,11,13H2,(H,27,28)(H,30,31);(H,6,7)/t21-,22?;/m0./s1. The van der Waals surface area contributed by atoms with E-state index in [0.29, 0.717) is 16.9 Å². The lowest BCUT2D eigenvalue weighted by atomic mass is 10.0. The molecule has 18 heteroatoms. The van der Waals surface area contributed by atoms with Crippen LogP contribution in [0.15, 0.2) is 71.6 Å². The summed E-state index contributed by atoms with van der Waals surface area (Å²) in [4.78, 5) is 28.2. The number of carbonyl (C=O) groups excluding carboxylic acids is 1. The molecule has 1 fully saturated rings. The maximum absolute atomic E-state index is 13.3. The maximum Gasteiger partial charge on any atom is 0.490 e. The first-order chi connectivity index (χ1) is 20.5. The minimum atomic E-state index is -5.08. The molecule has 1 saturated heterocycles. The Morgan fingerprint density at radius 1 is 1.07 bits per heavy atom. The number of aliphatic carboxylic acids is 1. The topological polar surface area (TPSA) is 175 Å². The second-order valence-corrected chi connectivity index (χ2v) is 13.8. The second kappa shape index (κ2) is 12.7. The summed E-state index contributed by atoms with van der Waals surface area (Å²) in [6.45, 7) is 0. The molecule has 234 valence electrons. The van der Waals surface area contributed by atoms with Gasteiger partial charge in [-0.2, -0.15) is 13.2 Å². The van der Waals surface area contributed by atoms with Crippen molar-refractivity contribution in [2.75, 3.05) is 0 Å². The zero-order chi connectivity index (χ0) is 32.4. The van der Waals surface area contributed by atoms with E-state index in [1.54, 1.807) is 24.3 Å². The van der Waals surface area contributed by atoms with Crippen LogP contribution in [0.2, 0.25) is 10.0 Å². The number of hydrogen-bond donors (Lipinski definition) is 4. The molecule has 1 aliphatic rings. The molecule has 44 heavy (non-hydrogen) atoms. The molecular weight excluding hydrogens is 672 g/mol. The number of alkyl halides is 3. The van der Waals surface area contributed by atoms with Gasteiger partial charge < -0.3 is 10.1 Å². The molecule has 0 saturated carbocycles. The summed E-state index contributed by atoms with van der Waals surface area (Å²) in [7, 11) is -7.80. The van der Waals surface area contributed by atoms with Crippen LogP contribution in [-0.2, 0) is 36.1 Å². The molecule has 3 aromatic carbocycles. The number of fused-ring (bicyclic) bond motifs is 1. The average Bonchev–Trinajstić information content (AvgIpc) is 3.49. The molecular formula is C26H21Cl2F3N4O7S2. The van der Waals surface area contributed by atoms with Gasteiger partial charge in [-0.05, 0) is 47.9 Å². The predicted octanol–water partition coefficient (Wildman–Crippen LogP) is 4.66. The van der Waals surface area contributed by atoms with E-state index >= 15 is 0 Å². The summed E-state index contributed by atoms with van der Waals surface area (Å²) in [5.74, 6) is -2.90. The third kappa shape index (κ3) is 7.87. The number of carboxylic acid groups (broad SMARTS) is 1. The smallest absolute Gasteiger partial charge is 0.475 e. The molecule has 2 atom stereocenters. The normalized spacial score (nSPS) is 17.0. The van der Waals surface area contributed by atoms with Gasteiger partial charge in [-0.15, -0.1) is 0 Å². The average molecular weight is 694 g/mol. The first-order valence-corrected chi connectivity index (χ1v) is 16.1. The number of carbonyl (C=O) groups is 2. The van der Waals surface area contributed by atoms with Crippen LogP contribution in [0.4, 0.5) is 13.2 Å². The quantitative estimate of drug-likeness (QED) is 0.216. The lowest BCUT2D eigenvalue weighted by Crippen LogP contribution is -2.31. The van der Waals surface area contributed by atoms with Crippen molar-refractivity contribution >= 4 is 66.2 Å². The van der Waals surface area contributed by atoms with E-state index in [0.717, 1.165) is 11.1 Å². The van der Waals surface area contributed by atoms with Crippen LogP contribution in [0.3, 0.4) is 0 Å². The number of amides is 1. The molecule has 11 nitrogen and oxygen atoms in total. The number of nitrogens with zero attached hydrogens (tertiary/aromatic N) is 1. The fraction of sp³-hybridized carbons (Fsp3) is 0.192. The SMILES string of the molecule is O=C(O)C(F)(F)F.O=C1CC(c2ccc(C[C@H](NS(=O)(=O)c3ccc(Cl)c(Cl)c3)c3nc4ccccc4[nH]3)cc2)S(=O)(=O)N1. The van der Waals surface area contributed by atoms with Crippen LogP contribution in [0.25, 0.3) is 11.0 Å². The number of imidazole rings is 1. The number of para-hydroxylation sites is 2. The number of hydrogen-bond acceptors (Lipinski definition) is 7. The molecule has 0 spiro atoms. The Hall–Kier alpha value is -3.70. The van der Waals surface area contributed by atoms with Gasteiger partial charge in [0.15, 0.2) is 0 Å². The number of aromatic nitrogens is 2. The van der Waals surface area contributed by atoms with Crippen LogP contribution >= 0.6 is 23.2 Å². The Balaban J connectivity index is 0.000000566. The van der Waals surface area contributed by atoms with Crippen molar-refractivity contribution in [3.05, 3.63) is 93.7 Å². The first kappa shape index (κ1) is 33.2. The number of sulfonamides is 2. The molecule has 0 bridgehead atoms. The molecule has 2 heterocycles. The number of H-pyrrole nitrogens is 1. The first-order valence-electron chi connectivity index (χ1n) is 12.3. The van der Waals surface area contributed by atoms with Crippen molar-refractivity contribution in [1.29, 1.82) is 0 Å². The number of nitrogens with one attached hydrogen (secondary N) is 3. The predicted molar refractivity (Wildman–Crippen MR) is 154 cm³/mol. The summed E-state index contributed by atoms with van der Waals surface area (Å²) >= 11 is 12.0. The van der Waals surface area contributed by atoms with Crippen molar-refractivity contribution in [3.8, 4) is 0 Å². The molecule has 1 amide bonds. The van der Waals surface area contributed by atoms with E-state index in [4.69, 9.17) is 33.1 Å². The minimum absolute atomic E-state index is 0.0537. The Morgan fingerprint density at radius 3 is 2.25 bits per heavy atom. The molecule has 4 N–H and O–H groups in total. The number of carboxylic acids is 1. The molecule has 4 aromatic rings. The van der Waals surface area contributed by atoms with Crippen LogP contribution in [0.5, 0.6) is 0 Å². The zero-order valence-electron chi connectivity index (χ0n) is 22.0. The van der Waals surface area contributed by atoms with Crippen molar-refractivity contribution in [3.63, 3.8) is 0 Å². The third-order valence-electron chi connectivity index (χ3n) is 6.27. The highest BCUT2D eigenvalue weighted by molar-refractivity contribution is 7.90. The summed E-state index contributed by atoms with van der Waals surface area (Å²) < 4.78 is 87.3. The van der Waals surface area contributed by atoms with Gasteiger partial charge in [0.25, 0.3) is 0 Å². The van der Waals surface area contributed by atoms with Crippen molar-refractivity contribution < 1.29 is 44.7 Å². The second-order valence-electron chi connectivity index (χ2n) is 9.40. The van der Waals surface area contributed by atoms with Crippen molar-refractivity contribution in [2.45, 2.75) is 35.2 Å². The molecule has 1 aromatic heterocycles. The van der Waals surface area contributed by atoms with Crippen LogP contribution in [0, 0.1) is 0 Å². The van der Waals surface area contributed by atoms with E-state index in [1.165, 1.54) is 18.2 Å². The Bertz CT molecular complexity index is 1900. The summed E-state index contributed by atoms with van der Waals surface area (Å²) in [6.07, 6.45) is -5.03. The van der Waals surface area contributed by atoms with Gasteiger partial charge in [0, 0.05) is 0 Å².